The van der Waals surface area contributed by atoms with Crippen molar-refractivity contribution < 1.29 is 27.5 Å². The van der Waals surface area contributed by atoms with Crippen LogP contribution in [0.2, 0.25) is 0 Å². The van der Waals surface area contributed by atoms with Crippen LogP contribution >= 0.6 is 0 Å². The molecule has 132 valence electrons. The van der Waals surface area contributed by atoms with Gasteiger partial charge in [0.1, 0.15) is 0 Å². The molecular formula is C10H10N8O6S. The van der Waals surface area contributed by atoms with Gasteiger partial charge in [0.2, 0.25) is 0 Å². The van der Waals surface area contributed by atoms with Crippen LogP contribution in [0.3, 0.4) is 0 Å². The van der Waals surface area contributed by atoms with Gasteiger partial charge in [-0.1, -0.05) is 0 Å². The van der Waals surface area contributed by atoms with Gasteiger partial charge in [-0.3, -0.25) is 28.0 Å². The van der Waals surface area contributed by atoms with E-state index >= 15 is 0 Å². The molecule has 25 heavy (non-hydrogen) atoms. The number of nitrogens with zero attached hydrogens (tertiary/aromatic N) is 2. The zero-order valence-electron chi connectivity index (χ0n) is 12.1. The molecule has 6 N–H and O–H groups in total. The Bertz CT molecular complexity index is 1100. The maximum atomic E-state index is 10.9. The van der Waals surface area contributed by atoms with Crippen LogP contribution < -0.4 is 21.1 Å². The van der Waals surface area contributed by atoms with E-state index < -0.39 is 10.4 Å². The van der Waals surface area contributed by atoms with Gasteiger partial charge < -0.3 is 9.11 Å². The number of fused-ring (bicyclic) bond motifs is 2. The lowest BCUT2D eigenvalue weighted by atomic mass is 10.4. The van der Waals surface area contributed by atoms with E-state index in [0.717, 1.165) is 0 Å². The van der Waals surface area contributed by atoms with Crippen molar-refractivity contribution in [1.29, 1.82) is 0 Å². The molecule has 0 saturated carbocycles. The highest BCUT2D eigenvalue weighted by atomic mass is 32.3. The van der Waals surface area contributed by atoms with Crippen LogP contribution in [-0.4, -0.2) is 47.9 Å². The van der Waals surface area contributed by atoms with Crippen molar-refractivity contribution in [2.24, 2.45) is 0 Å². The van der Waals surface area contributed by atoms with Gasteiger partial charge in [-0.2, -0.15) is 10.2 Å². The van der Waals surface area contributed by atoms with Gasteiger partial charge in [0, 0.05) is 10.4 Å². The molecule has 0 spiro atoms. The minimum atomic E-state index is -5.17. The van der Waals surface area contributed by atoms with Crippen LogP contribution in [0.5, 0.6) is 0 Å². The van der Waals surface area contributed by atoms with E-state index in [1.807, 2.05) is 0 Å². The summed E-state index contributed by atoms with van der Waals surface area (Å²) in [5.41, 5.74) is 1.01. The van der Waals surface area contributed by atoms with Gasteiger partial charge in [-0.25, -0.2) is 9.97 Å². The van der Waals surface area contributed by atoms with E-state index in [1.54, 1.807) is 0 Å². The van der Waals surface area contributed by atoms with Crippen LogP contribution in [0.25, 0.3) is 22.1 Å². The lowest BCUT2D eigenvalue weighted by molar-refractivity contribution is -0.353. The van der Waals surface area contributed by atoms with Gasteiger partial charge in [0.05, 0.1) is 12.4 Å². The fourth-order valence-electron chi connectivity index (χ4n) is 1.64. The SMILES string of the molecule is O=S(=O)([O-])[O-].O=c1[nH]c[nH+]c2[nH]ncc12.O=c1[nH]c[nH+]c2[nH]ncc12. The molecular weight excluding hydrogens is 360 g/mol. The first kappa shape index (κ1) is 17.9. The Morgan fingerprint density at radius 3 is 1.52 bits per heavy atom. The molecule has 0 aliphatic carbocycles. The topological polar surface area (TPSA) is 232 Å². The second kappa shape index (κ2) is 7.43. The highest BCUT2D eigenvalue weighted by Crippen LogP contribution is 1.93. The highest BCUT2D eigenvalue weighted by Gasteiger charge is 2.03. The zero-order valence-corrected chi connectivity index (χ0v) is 12.9. The Labute approximate surface area is 136 Å². The molecule has 0 saturated heterocycles. The summed E-state index contributed by atoms with van der Waals surface area (Å²) in [5, 5.41) is 13.7. The number of H-pyrrole nitrogens is 6. The summed E-state index contributed by atoms with van der Waals surface area (Å²) >= 11 is 0. The van der Waals surface area contributed by atoms with Gasteiger partial charge in [0.15, 0.2) is 23.4 Å². The van der Waals surface area contributed by atoms with Crippen LogP contribution in [0.1, 0.15) is 0 Å². The number of aromatic nitrogens is 8. The fourth-order valence-corrected chi connectivity index (χ4v) is 1.64. The summed E-state index contributed by atoms with van der Waals surface area (Å²) in [4.78, 5) is 32.4. The lowest BCUT2D eigenvalue weighted by Crippen LogP contribution is -2.14. The predicted molar refractivity (Wildman–Crippen MR) is 77.0 cm³/mol. The predicted octanol–water partition coefficient (Wildman–Crippen LogP) is -3.21. The largest absolute Gasteiger partial charge is 0.759 e. The second-order valence-corrected chi connectivity index (χ2v) is 5.07. The number of hydrogen-bond donors (Lipinski definition) is 4. The molecule has 0 bridgehead atoms. The Balaban J connectivity index is 0.000000144. The molecule has 4 rings (SSSR count). The molecule has 4 aromatic rings. The summed E-state index contributed by atoms with van der Waals surface area (Å²) in [6.07, 6.45) is 5.88. The molecule has 0 aromatic carbocycles. The molecule has 15 heteroatoms. The molecule has 4 heterocycles. The van der Waals surface area contributed by atoms with E-state index in [1.165, 1.54) is 25.0 Å². The Kier molecular flexibility index (Phi) is 5.32. The van der Waals surface area contributed by atoms with Crippen molar-refractivity contribution in [3.05, 3.63) is 45.8 Å². The average Bonchev–Trinajstić information content (AvgIpc) is 3.16. The van der Waals surface area contributed by atoms with E-state index in [-0.39, 0.29) is 11.1 Å². The molecule has 0 amide bonds. The lowest BCUT2D eigenvalue weighted by Gasteiger charge is -2.06. The van der Waals surface area contributed by atoms with E-state index in [4.69, 9.17) is 17.5 Å². The first-order chi connectivity index (χ1) is 11.8. The average molecular weight is 370 g/mol. The standard InChI is InChI=1S/2C5H4N4O.H2O4S/c2*10-5-3-1-8-9-4(3)6-2-7-5;1-5(2,3)4/h2*1-2H,(H2,6,7,8,9,10);(H2,1,2,3,4). The summed E-state index contributed by atoms with van der Waals surface area (Å²) in [6, 6.07) is 0. The summed E-state index contributed by atoms with van der Waals surface area (Å²) in [7, 11) is -5.17. The van der Waals surface area contributed by atoms with Gasteiger partial charge >= 0.3 is 11.1 Å². The molecule has 4 aromatic heterocycles. The number of aromatic amines is 6. The van der Waals surface area contributed by atoms with Gasteiger partial charge in [0.25, 0.3) is 11.3 Å². The molecule has 0 atom stereocenters. The van der Waals surface area contributed by atoms with Crippen LogP contribution in [0, 0.1) is 0 Å². The molecule has 0 aliphatic heterocycles. The minimum absolute atomic E-state index is 0.137. The zero-order chi connectivity index (χ0) is 18.4. The van der Waals surface area contributed by atoms with Crippen molar-refractivity contribution in [1.82, 2.24) is 30.4 Å². The van der Waals surface area contributed by atoms with E-state index in [9.17, 15) is 9.59 Å². The van der Waals surface area contributed by atoms with Crippen molar-refractivity contribution in [2.45, 2.75) is 0 Å². The molecule has 0 fully saturated rings. The number of nitrogens with one attached hydrogen (secondary N) is 6. The van der Waals surface area contributed by atoms with Crippen LogP contribution in [0.15, 0.2) is 34.6 Å². The minimum Gasteiger partial charge on any atom is -0.759 e. The second-order valence-electron chi connectivity index (χ2n) is 4.25. The maximum Gasteiger partial charge on any atom is 0.319 e. The van der Waals surface area contributed by atoms with Crippen molar-refractivity contribution in [3.8, 4) is 0 Å². The van der Waals surface area contributed by atoms with E-state index in [2.05, 4.69) is 40.3 Å². The number of rotatable bonds is 0. The first-order valence-electron chi connectivity index (χ1n) is 6.27. The van der Waals surface area contributed by atoms with Crippen LogP contribution in [0.4, 0.5) is 0 Å². The van der Waals surface area contributed by atoms with Gasteiger partial charge in [-0.05, 0) is 0 Å². The quantitative estimate of drug-likeness (QED) is 0.181. The molecule has 0 radical (unpaired) electrons. The smallest absolute Gasteiger partial charge is 0.319 e. The Morgan fingerprint density at radius 2 is 1.20 bits per heavy atom. The Hall–Kier alpha value is -3.43. The summed E-state index contributed by atoms with van der Waals surface area (Å²) < 4.78 is 34.1. The highest BCUT2D eigenvalue weighted by molar-refractivity contribution is 7.79. The monoisotopic (exact) mass is 370 g/mol. The Morgan fingerprint density at radius 1 is 0.840 bits per heavy atom. The van der Waals surface area contributed by atoms with Crippen molar-refractivity contribution in [3.63, 3.8) is 0 Å². The molecule has 0 aliphatic rings. The third kappa shape index (κ3) is 5.30. The first-order valence-corrected chi connectivity index (χ1v) is 7.60. The third-order valence-electron chi connectivity index (χ3n) is 2.61. The molecule has 14 nitrogen and oxygen atoms in total. The van der Waals surface area contributed by atoms with Crippen molar-refractivity contribution >= 4 is 32.5 Å². The third-order valence-corrected chi connectivity index (χ3v) is 2.61. The molecule has 0 unspecified atom stereocenters. The van der Waals surface area contributed by atoms with Gasteiger partial charge in [-0.15, -0.1) is 10.2 Å². The van der Waals surface area contributed by atoms with Crippen molar-refractivity contribution in [2.75, 3.05) is 0 Å². The van der Waals surface area contributed by atoms with Crippen LogP contribution in [-0.2, 0) is 10.4 Å². The normalized spacial score (nSPS) is 10.6. The summed E-state index contributed by atoms with van der Waals surface area (Å²) in [5.74, 6) is 0. The maximum absolute atomic E-state index is 10.9. The number of hydrogen-bond acceptors (Lipinski definition) is 8. The summed E-state index contributed by atoms with van der Waals surface area (Å²) in [6.45, 7) is 0. The van der Waals surface area contributed by atoms with E-state index in [0.29, 0.717) is 22.1 Å². The fraction of sp³-hybridized carbons (Fsp3) is 0.